The van der Waals surface area contributed by atoms with Crippen LogP contribution in [0.4, 0.5) is 5.69 Å². The van der Waals surface area contributed by atoms with Crippen LogP contribution in [0.5, 0.6) is 0 Å². The summed E-state index contributed by atoms with van der Waals surface area (Å²) in [6.45, 7) is 5.04. The molecule has 0 aliphatic heterocycles. The molecule has 1 aromatic heterocycles. The molecule has 2 aromatic rings. The molecule has 102 valence electrons. The van der Waals surface area contributed by atoms with E-state index in [4.69, 9.17) is 5.73 Å². The molecule has 0 radical (unpaired) electrons. The molecule has 19 heavy (non-hydrogen) atoms. The number of aromatic nitrogens is 4. The zero-order chi connectivity index (χ0) is 13.7. The van der Waals surface area contributed by atoms with Gasteiger partial charge in [-0.15, -0.1) is 5.10 Å². The Labute approximate surface area is 113 Å². The molecule has 0 saturated carbocycles. The van der Waals surface area contributed by atoms with E-state index in [1.807, 2.05) is 29.8 Å². The average molecular weight is 259 g/mol. The fourth-order valence-electron chi connectivity index (χ4n) is 2.11. The summed E-state index contributed by atoms with van der Waals surface area (Å²) in [5.74, 6) is 0.762. The molecule has 0 amide bonds. The Morgan fingerprint density at radius 1 is 1.21 bits per heavy atom. The number of anilines is 1. The summed E-state index contributed by atoms with van der Waals surface area (Å²) in [5.41, 5.74) is 8.84. The molecular formula is C14H21N5. The van der Waals surface area contributed by atoms with Crippen molar-refractivity contribution < 1.29 is 0 Å². The van der Waals surface area contributed by atoms with Gasteiger partial charge in [-0.2, -0.15) is 0 Å². The number of hydrogen-bond donors (Lipinski definition) is 1. The van der Waals surface area contributed by atoms with Gasteiger partial charge in [0.15, 0.2) is 5.82 Å². The van der Waals surface area contributed by atoms with E-state index in [9.17, 15) is 0 Å². The van der Waals surface area contributed by atoms with Gasteiger partial charge in [0.05, 0.1) is 0 Å². The SMILES string of the molecule is CCCCCCn1nnnc1-c1cccc(C)c1N. The molecule has 0 bridgehead atoms. The number of hydrogen-bond acceptors (Lipinski definition) is 4. The number of nitrogens with zero attached hydrogens (tertiary/aromatic N) is 4. The Kier molecular flexibility index (Phi) is 4.49. The van der Waals surface area contributed by atoms with Gasteiger partial charge in [-0.1, -0.05) is 38.3 Å². The zero-order valence-corrected chi connectivity index (χ0v) is 11.6. The van der Waals surface area contributed by atoms with Gasteiger partial charge >= 0.3 is 0 Å². The first-order chi connectivity index (χ1) is 9.24. The van der Waals surface area contributed by atoms with E-state index in [-0.39, 0.29) is 0 Å². The van der Waals surface area contributed by atoms with Crippen LogP contribution in [0.25, 0.3) is 11.4 Å². The minimum absolute atomic E-state index is 0.757. The third kappa shape index (κ3) is 3.10. The Balaban J connectivity index is 2.17. The highest BCUT2D eigenvalue weighted by Gasteiger charge is 2.12. The maximum atomic E-state index is 6.11. The van der Waals surface area contributed by atoms with E-state index in [2.05, 4.69) is 22.4 Å². The van der Waals surface area contributed by atoms with E-state index in [1.54, 1.807) is 0 Å². The highest BCUT2D eigenvalue weighted by molar-refractivity contribution is 5.73. The van der Waals surface area contributed by atoms with Crippen LogP contribution in [0.1, 0.15) is 38.2 Å². The van der Waals surface area contributed by atoms with E-state index >= 15 is 0 Å². The van der Waals surface area contributed by atoms with Crippen LogP contribution in [-0.4, -0.2) is 20.2 Å². The van der Waals surface area contributed by atoms with Gasteiger partial charge in [0.25, 0.3) is 0 Å². The second-order valence-electron chi connectivity index (χ2n) is 4.82. The van der Waals surface area contributed by atoms with E-state index in [1.165, 1.54) is 19.3 Å². The first kappa shape index (κ1) is 13.5. The van der Waals surface area contributed by atoms with Crippen molar-refractivity contribution in [2.75, 3.05) is 5.73 Å². The number of benzene rings is 1. The van der Waals surface area contributed by atoms with Crippen molar-refractivity contribution in [3.8, 4) is 11.4 Å². The largest absolute Gasteiger partial charge is 0.398 e. The van der Waals surface area contributed by atoms with E-state index in [0.717, 1.165) is 35.6 Å². The van der Waals surface area contributed by atoms with Crippen molar-refractivity contribution >= 4 is 5.69 Å². The number of tetrazole rings is 1. The Bertz CT molecular complexity index is 532. The molecule has 0 aliphatic rings. The van der Waals surface area contributed by atoms with Crippen molar-refractivity contribution in [3.05, 3.63) is 23.8 Å². The molecule has 0 atom stereocenters. The predicted molar refractivity (Wildman–Crippen MR) is 76.5 cm³/mol. The molecule has 0 aliphatic carbocycles. The molecule has 1 heterocycles. The van der Waals surface area contributed by atoms with Gasteiger partial charge in [-0.25, -0.2) is 4.68 Å². The van der Waals surface area contributed by atoms with Crippen LogP contribution in [0.3, 0.4) is 0 Å². The average Bonchev–Trinajstić information content (AvgIpc) is 2.86. The summed E-state index contributed by atoms with van der Waals surface area (Å²) in [6.07, 6.45) is 4.79. The standard InChI is InChI=1S/C14H21N5/c1-3-4-5-6-10-19-14(16-17-18-19)12-9-7-8-11(2)13(12)15/h7-9H,3-6,10,15H2,1-2H3. The third-order valence-electron chi connectivity index (χ3n) is 3.32. The molecule has 0 unspecified atom stereocenters. The second kappa shape index (κ2) is 6.31. The van der Waals surface area contributed by atoms with Gasteiger partial charge < -0.3 is 5.73 Å². The van der Waals surface area contributed by atoms with Gasteiger partial charge in [-0.05, 0) is 35.4 Å². The lowest BCUT2D eigenvalue weighted by Crippen LogP contribution is -2.05. The first-order valence-corrected chi connectivity index (χ1v) is 6.85. The fourth-order valence-corrected chi connectivity index (χ4v) is 2.11. The fraction of sp³-hybridized carbons (Fsp3) is 0.500. The van der Waals surface area contributed by atoms with Crippen LogP contribution < -0.4 is 5.73 Å². The highest BCUT2D eigenvalue weighted by atomic mass is 15.5. The van der Waals surface area contributed by atoms with Crippen molar-refractivity contribution in [2.24, 2.45) is 0 Å². The lowest BCUT2D eigenvalue weighted by Gasteiger charge is -2.08. The highest BCUT2D eigenvalue weighted by Crippen LogP contribution is 2.26. The number of unbranched alkanes of at least 4 members (excludes halogenated alkanes) is 3. The Morgan fingerprint density at radius 3 is 2.84 bits per heavy atom. The summed E-state index contributed by atoms with van der Waals surface area (Å²) in [4.78, 5) is 0. The molecule has 5 heteroatoms. The van der Waals surface area contributed by atoms with Crippen LogP contribution in [-0.2, 0) is 6.54 Å². The summed E-state index contributed by atoms with van der Waals surface area (Å²) in [6, 6.07) is 5.95. The quantitative estimate of drug-likeness (QED) is 0.639. The number of rotatable bonds is 6. The van der Waals surface area contributed by atoms with Gasteiger partial charge in [0, 0.05) is 17.8 Å². The number of aryl methyl sites for hydroxylation is 2. The molecule has 0 fully saturated rings. The van der Waals surface area contributed by atoms with E-state index < -0.39 is 0 Å². The van der Waals surface area contributed by atoms with Crippen LogP contribution in [0.15, 0.2) is 18.2 Å². The molecule has 1 aromatic carbocycles. The topological polar surface area (TPSA) is 69.6 Å². The monoisotopic (exact) mass is 259 g/mol. The second-order valence-corrected chi connectivity index (χ2v) is 4.82. The van der Waals surface area contributed by atoms with Crippen molar-refractivity contribution in [1.82, 2.24) is 20.2 Å². The molecule has 5 nitrogen and oxygen atoms in total. The normalized spacial score (nSPS) is 10.8. The third-order valence-corrected chi connectivity index (χ3v) is 3.32. The van der Waals surface area contributed by atoms with Gasteiger partial charge in [-0.3, -0.25) is 0 Å². The maximum Gasteiger partial charge on any atom is 0.184 e. The van der Waals surface area contributed by atoms with Crippen LogP contribution in [0.2, 0.25) is 0 Å². The molecule has 2 rings (SSSR count). The van der Waals surface area contributed by atoms with Crippen molar-refractivity contribution in [3.63, 3.8) is 0 Å². The summed E-state index contributed by atoms with van der Waals surface area (Å²) in [5, 5.41) is 11.9. The Hall–Kier alpha value is -1.91. The number of nitrogens with two attached hydrogens (primary N) is 1. The summed E-state index contributed by atoms with van der Waals surface area (Å²) < 4.78 is 1.85. The number of nitrogen functional groups attached to an aromatic ring is 1. The van der Waals surface area contributed by atoms with Gasteiger partial charge in [0.1, 0.15) is 0 Å². The van der Waals surface area contributed by atoms with Crippen molar-refractivity contribution in [2.45, 2.75) is 46.1 Å². The Morgan fingerprint density at radius 2 is 2.05 bits per heavy atom. The van der Waals surface area contributed by atoms with E-state index in [0.29, 0.717) is 0 Å². The van der Waals surface area contributed by atoms with Crippen LogP contribution in [0, 0.1) is 6.92 Å². The minimum Gasteiger partial charge on any atom is -0.398 e. The lowest BCUT2D eigenvalue weighted by molar-refractivity contribution is 0.531. The maximum absolute atomic E-state index is 6.11. The summed E-state index contributed by atoms with van der Waals surface area (Å²) in [7, 11) is 0. The molecule has 2 N–H and O–H groups in total. The van der Waals surface area contributed by atoms with Crippen LogP contribution >= 0.6 is 0 Å². The smallest absolute Gasteiger partial charge is 0.184 e. The van der Waals surface area contributed by atoms with Crippen molar-refractivity contribution in [1.29, 1.82) is 0 Å². The first-order valence-electron chi connectivity index (χ1n) is 6.85. The minimum atomic E-state index is 0.757. The van der Waals surface area contributed by atoms with Gasteiger partial charge in [0.2, 0.25) is 0 Å². The summed E-state index contributed by atoms with van der Waals surface area (Å²) >= 11 is 0. The molecule has 0 saturated heterocycles. The lowest BCUT2D eigenvalue weighted by atomic mass is 10.1. The molecule has 0 spiro atoms. The zero-order valence-electron chi connectivity index (χ0n) is 11.6. The predicted octanol–water partition coefficient (Wildman–Crippen LogP) is 2.81. The number of para-hydroxylation sites is 1. The molecular weight excluding hydrogens is 238 g/mol.